The molecule has 1 atom stereocenters. The van der Waals surface area contributed by atoms with Gasteiger partial charge in [-0.05, 0) is 30.7 Å². The molecule has 2 N–H and O–H groups in total. The van der Waals surface area contributed by atoms with Crippen molar-refractivity contribution in [3.8, 4) is 11.8 Å². The van der Waals surface area contributed by atoms with Crippen LogP contribution in [0.1, 0.15) is 35.1 Å². The fourth-order valence-corrected chi connectivity index (χ4v) is 3.55. The molecule has 0 bridgehead atoms. The molecule has 3 heterocycles. The fraction of sp³-hybridized carbons (Fsp3) is 0.333. The third kappa shape index (κ3) is 5.31. The average Bonchev–Trinajstić information content (AvgIpc) is 3.21. The summed E-state index contributed by atoms with van der Waals surface area (Å²) in [5.74, 6) is 6.43. The van der Waals surface area contributed by atoms with Crippen LogP contribution in [0.4, 0.5) is 0 Å². The number of pyridine rings is 1. The summed E-state index contributed by atoms with van der Waals surface area (Å²) in [5.41, 5.74) is 3.44. The maximum atomic E-state index is 12.4. The molecule has 0 saturated carbocycles. The maximum absolute atomic E-state index is 12.4. The predicted octanol–water partition coefficient (Wildman–Crippen LogP) is 1.79. The first-order chi connectivity index (χ1) is 15.5. The number of piperazine rings is 1. The Bertz CT molecular complexity index is 1160. The molecule has 32 heavy (non-hydrogen) atoms. The summed E-state index contributed by atoms with van der Waals surface area (Å²) in [6.07, 6.45) is 4.04. The Kier molecular flexibility index (Phi) is 6.47. The van der Waals surface area contributed by atoms with Crippen molar-refractivity contribution in [3.05, 3.63) is 59.7 Å². The number of nitrogens with zero attached hydrogens (tertiary/aromatic N) is 4. The van der Waals surface area contributed by atoms with Gasteiger partial charge in [0.05, 0.1) is 17.6 Å². The number of hydrogen-bond donors (Lipinski definition) is 2. The number of rotatable bonds is 5. The number of para-hydroxylation sites is 2. The Hall–Kier alpha value is -3.70. The molecule has 1 aliphatic heterocycles. The summed E-state index contributed by atoms with van der Waals surface area (Å²) in [6, 6.07) is 9.40. The number of aromatic nitrogens is 3. The van der Waals surface area contributed by atoms with Gasteiger partial charge < -0.3 is 15.2 Å². The van der Waals surface area contributed by atoms with Crippen LogP contribution in [-0.4, -0.2) is 69.3 Å². The van der Waals surface area contributed by atoms with Crippen molar-refractivity contribution < 1.29 is 9.59 Å². The van der Waals surface area contributed by atoms with Gasteiger partial charge in [-0.3, -0.25) is 19.5 Å². The van der Waals surface area contributed by atoms with Crippen molar-refractivity contribution >= 4 is 22.8 Å². The van der Waals surface area contributed by atoms with Crippen molar-refractivity contribution in [3.63, 3.8) is 0 Å². The molecule has 4 rings (SSSR count). The lowest BCUT2D eigenvalue weighted by atomic mass is 10.1. The summed E-state index contributed by atoms with van der Waals surface area (Å²) in [5, 5.41) is 2.92. The van der Waals surface area contributed by atoms with Gasteiger partial charge in [-0.15, -0.1) is 0 Å². The molecule has 3 aromatic rings. The van der Waals surface area contributed by atoms with E-state index >= 15 is 0 Å². The first-order valence-corrected chi connectivity index (χ1v) is 10.6. The van der Waals surface area contributed by atoms with Crippen molar-refractivity contribution in [2.75, 3.05) is 26.7 Å². The van der Waals surface area contributed by atoms with Crippen LogP contribution < -0.4 is 5.32 Å². The largest absolute Gasteiger partial charge is 0.346 e. The topological polar surface area (TPSA) is 94.2 Å². The van der Waals surface area contributed by atoms with Gasteiger partial charge in [0.15, 0.2) is 5.82 Å². The number of likely N-dealkylation sites (N-methyl/N-ethyl adjacent to an activating group) is 1. The molecule has 8 nitrogen and oxygen atoms in total. The standard InChI is InChI=1S/C24H26N6O2/c1-17(26-24(32)23-27-20-8-3-4-9-21(20)28-23)6-5-7-18-12-19(14-25-13-18)15-30-11-10-29(2)22(31)16-30/h3-4,8-9,12-14,17H,6,10-11,15-16H2,1-2H3,(H,26,32)(H,27,28)/t17-/m0/s1. The summed E-state index contributed by atoms with van der Waals surface area (Å²) in [7, 11) is 1.83. The third-order valence-electron chi connectivity index (χ3n) is 5.36. The van der Waals surface area contributed by atoms with E-state index in [0.29, 0.717) is 25.3 Å². The smallest absolute Gasteiger partial charge is 0.287 e. The van der Waals surface area contributed by atoms with Crippen LogP contribution in [0.2, 0.25) is 0 Å². The van der Waals surface area contributed by atoms with E-state index < -0.39 is 0 Å². The minimum Gasteiger partial charge on any atom is -0.346 e. The molecule has 1 aromatic carbocycles. The van der Waals surface area contributed by atoms with Crippen LogP contribution >= 0.6 is 0 Å². The van der Waals surface area contributed by atoms with Crippen molar-refractivity contribution in [1.82, 2.24) is 30.1 Å². The molecule has 0 spiro atoms. The Balaban J connectivity index is 1.31. The molecule has 1 aliphatic rings. The number of aromatic amines is 1. The van der Waals surface area contributed by atoms with Crippen molar-refractivity contribution in [1.29, 1.82) is 0 Å². The number of hydrogen-bond acceptors (Lipinski definition) is 5. The molecule has 2 aromatic heterocycles. The quantitative estimate of drug-likeness (QED) is 0.602. The van der Waals surface area contributed by atoms with Gasteiger partial charge in [0, 0.05) is 57.1 Å². The highest BCUT2D eigenvalue weighted by Crippen LogP contribution is 2.11. The molecular weight excluding hydrogens is 404 g/mol. The molecule has 2 amide bonds. The Labute approximate surface area is 187 Å². The van der Waals surface area contributed by atoms with Crippen LogP contribution in [0.3, 0.4) is 0 Å². The van der Waals surface area contributed by atoms with Crippen LogP contribution in [-0.2, 0) is 11.3 Å². The van der Waals surface area contributed by atoms with Crippen LogP contribution in [0.15, 0.2) is 42.7 Å². The van der Waals surface area contributed by atoms with E-state index in [2.05, 4.69) is 37.0 Å². The second kappa shape index (κ2) is 9.62. The second-order valence-electron chi connectivity index (χ2n) is 8.09. The van der Waals surface area contributed by atoms with Gasteiger partial charge in [0.25, 0.3) is 5.91 Å². The lowest BCUT2D eigenvalue weighted by molar-refractivity contribution is -0.134. The van der Waals surface area contributed by atoms with Crippen LogP contribution in [0.5, 0.6) is 0 Å². The van der Waals surface area contributed by atoms with Gasteiger partial charge in [0.1, 0.15) is 0 Å². The van der Waals surface area contributed by atoms with Crippen molar-refractivity contribution in [2.24, 2.45) is 0 Å². The molecule has 164 valence electrons. The van der Waals surface area contributed by atoms with Crippen LogP contribution in [0, 0.1) is 11.8 Å². The lowest BCUT2D eigenvalue weighted by Crippen LogP contribution is -2.47. The molecule has 1 fully saturated rings. The molecule has 8 heteroatoms. The van der Waals surface area contributed by atoms with Gasteiger partial charge in [-0.1, -0.05) is 24.0 Å². The van der Waals surface area contributed by atoms with Gasteiger partial charge in [-0.2, -0.15) is 0 Å². The number of amides is 2. The monoisotopic (exact) mass is 430 g/mol. The number of nitrogens with one attached hydrogen (secondary N) is 2. The number of fused-ring (bicyclic) bond motifs is 1. The van der Waals surface area contributed by atoms with Crippen LogP contribution in [0.25, 0.3) is 11.0 Å². The van der Waals surface area contributed by atoms with Gasteiger partial charge in [0.2, 0.25) is 5.91 Å². The zero-order valence-corrected chi connectivity index (χ0v) is 18.3. The minimum atomic E-state index is -0.249. The second-order valence-corrected chi connectivity index (χ2v) is 8.09. The number of benzene rings is 1. The van der Waals surface area contributed by atoms with E-state index in [9.17, 15) is 9.59 Å². The summed E-state index contributed by atoms with van der Waals surface area (Å²) >= 11 is 0. The highest BCUT2D eigenvalue weighted by Gasteiger charge is 2.20. The molecule has 1 saturated heterocycles. The van der Waals surface area contributed by atoms with E-state index in [0.717, 1.165) is 35.2 Å². The zero-order chi connectivity index (χ0) is 22.5. The maximum Gasteiger partial charge on any atom is 0.287 e. The molecule has 0 unspecified atom stereocenters. The van der Waals surface area contributed by atoms with Gasteiger partial charge in [-0.25, -0.2) is 4.98 Å². The molecule has 0 aliphatic carbocycles. The normalized spacial score (nSPS) is 15.3. The summed E-state index contributed by atoms with van der Waals surface area (Å²) < 4.78 is 0. The number of carbonyl (C=O) groups excluding carboxylic acids is 2. The number of imidazole rings is 1. The van der Waals surface area contributed by atoms with E-state index in [1.54, 1.807) is 11.1 Å². The summed E-state index contributed by atoms with van der Waals surface area (Å²) in [6.45, 7) is 4.60. The van der Waals surface area contributed by atoms with E-state index in [1.807, 2.05) is 50.5 Å². The predicted molar refractivity (Wildman–Crippen MR) is 122 cm³/mol. The van der Waals surface area contributed by atoms with Crippen molar-refractivity contribution in [2.45, 2.75) is 25.9 Å². The van der Waals surface area contributed by atoms with E-state index in [1.165, 1.54) is 0 Å². The third-order valence-corrected chi connectivity index (χ3v) is 5.36. The molecule has 0 radical (unpaired) electrons. The highest BCUT2D eigenvalue weighted by molar-refractivity contribution is 5.94. The first-order valence-electron chi connectivity index (χ1n) is 10.6. The highest BCUT2D eigenvalue weighted by atomic mass is 16.2. The summed E-state index contributed by atoms with van der Waals surface area (Å²) in [4.78, 5) is 39.8. The van der Waals surface area contributed by atoms with E-state index in [-0.39, 0.29) is 17.9 Å². The lowest BCUT2D eigenvalue weighted by Gasteiger charge is -2.31. The Morgan fingerprint density at radius 1 is 1.28 bits per heavy atom. The zero-order valence-electron chi connectivity index (χ0n) is 18.3. The van der Waals surface area contributed by atoms with Gasteiger partial charge >= 0.3 is 0 Å². The number of carbonyl (C=O) groups is 2. The Morgan fingerprint density at radius 3 is 2.94 bits per heavy atom. The molecular formula is C24H26N6O2. The average molecular weight is 431 g/mol. The first kappa shape index (κ1) is 21.5. The fourth-order valence-electron chi connectivity index (χ4n) is 3.55. The SMILES string of the molecule is C[C@@H](CC#Cc1cncc(CN2CCN(C)C(=O)C2)c1)NC(=O)c1nc2ccccc2[nH]1. The Morgan fingerprint density at radius 2 is 2.12 bits per heavy atom. The van der Waals surface area contributed by atoms with E-state index in [4.69, 9.17) is 0 Å². The minimum absolute atomic E-state index is 0.129. The number of H-pyrrole nitrogens is 1.